The largest absolute Gasteiger partial charge is 0.275 e. The number of sulfonamides is 1. The molecule has 0 aliphatic heterocycles. The van der Waals surface area contributed by atoms with Gasteiger partial charge in [-0.3, -0.25) is 4.68 Å². The van der Waals surface area contributed by atoms with E-state index in [1.807, 2.05) is 0 Å². The summed E-state index contributed by atoms with van der Waals surface area (Å²) in [6.07, 6.45) is 3.44. The number of rotatable bonds is 5. The van der Waals surface area contributed by atoms with Crippen molar-refractivity contribution in [2.75, 3.05) is 7.05 Å². The minimum atomic E-state index is -3.60. The maximum absolute atomic E-state index is 12.7. The van der Waals surface area contributed by atoms with Gasteiger partial charge in [-0.1, -0.05) is 6.07 Å². The summed E-state index contributed by atoms with van der Waals surface area (Å²) < 4.78 is 28.8. The molecule has 0 bridgehead atoms. The van der Waals surface area contributed by atoms with Crippen LogP contribution in [0.2, 0.25) is 0 Å². The number of nitrogens with zero attached hydrogens (tertiary/aromatic N) is 3. The maximum Gasteiger partial charge on any atom is 0.244 e. The van der Waals surface area contributed by atoms with E-state index in [1.165, 1.54) is 4.31 Å². The Hall–Kier alpha value is -0.890. The summed E-state index contributed by atoms with van der Waals surface area (Å²) >= 11 is 9.07. The maximum atomic E-state index is 12.7. The highest BCUT2D eigenvalue weighted by atomic mass is 79.9. The monoisotopic (exact) mass is 391 g/mol. The molecule has 5 nitrogen and oxygen atoms in total. The number of aromatic nitrogens is 2. The van der Waals surface area contributed by atoms with E-state index < -0.39 is 10.0 Å². The third kappa shape index (κ3) is 3.66. The van der Waals surface area contributed by atoms with Crippen molar-refractivity contribution < 1.29 is 8.42 Å². The van der Waals surface area contributed by atoms with Crippen molar-refractivity contribution in [2.24, 2.45) is 7.05 Å². The predicted molar refractivity (Wildman–Crippen MR) is 85.6 cm³/mol. The Morgan fingerprint density at radius 1 is 1.38 bits per heavy atom. The summed E-state index contributed by atoms with van der Waals surface area (Å²) in [4.78, 5) is 0.215. The van der Waals surface area contributed by atoms with Crippen LogP contribution in [0, 0.1) is 0 Å². The second kappa shape index (κ2) is 6.48. The van der Waals surface area contributed by atoms with Crippen LogP contribution < -0.4 is 0 Å². The molecule has 0 saturated carbocycles. The third-order valence-electron chi connectivity index (χ3n) is 3.00. The Labute approximate surface area is 137 Å². The quantitative estimate of drug-likeness (QED) is 0.735. The van der Waals surface area contributed by atoms with Gasteiger partial charge in [-0.05, 0) is 33.6 Å². The normalized spacial score (nSPS) is 12.0. The Kier molecular flexibility index (Phi) is 5.08. The van der Waals surface area contributed by atoms with Gasteiger partial charge in [-0.15, -0.1) is 11.6 Å². The molecule has 1 heterocycles. The van der Waals surface area contributed by atoms with E-state index in [-0.39, 0.29) is 17.3 Å². The van der Waals surface area contributed by atoms with Crippen molar-refractivity contribution in [3.63, 3.8) is 0 Å². The first-order valence-corrected chi connectivity index (χ1v) is 8.89. The topological polar surface area (TPSA) is 55.2 Å². The molecule has 0 unspecified atom stereocenters. The lowest BCUT2D eigenvalue weighted by Crippen LogP contribution is -2.26. The second-order valence-corrected chi connectivity index (χ2v) is 7.82. The molecule has 21 heavy (non-hydrogen) atoms. The molecular formula is C13H15BrClN3O2S. The van der Waals surface area contributed by atoms with E-state index >= 15 is 0 Å². The lowest BCUT2D eigenvalue weighted by Gasteiger charge is -2.18. The molecule has 1 aromatic carbocycles. The van der Waals surface area contributed by atoms with Crippen LogP contribution in [0.15, 0.2) is 40.0 Å². The summed E-state index contributed by atoms with van der Waals surface area (Å²) in [5.41, 5.74) is 1.58. The summed E-state index contributed by atoms with van der Waals surface area (Å²) in [6, 6.07) is 5.08. The van der Waals surface area contributed by atoms with E-state index in [0.717, 1.165) is 11.1 Å². The summed E-state index contributed by atoms with van der Waals surface area (Å²) in [7, 11) is -0.266. The van der Waals surface area contributed by atoms with Gasteiger partial charge in [-0.25, -0.2) is 8.42 Å². The number of halogens is 2. The third-order valence-corrected chi connectivity index (χ3v) is 6.11. The first-order chi connectivity index (χ1) is 9.84. The summed E-state index contributed by atoms with van der Waals surface area (Å²) in [5, 5.41) is 4.04. The first-order valence-electron chi connectivity index (χ1n) is 6.13. The van der Waals surface area contributed by atoms with E-state index in [1.54, 1.807) is 49.4 Å². The van der Waals surface area contributed by atoms with Crippen molar-refractivity contribution in [3.8, 4) is 0 Å². The van der Waals surface area contributed by atoms with Gasteiger partial charge in [0.1, 0.15) is 0 Å². The van der Waals surface area contributed by atoms with Gasteiger partial charge >= 0.3 is 0 Å². The number of hydrogen-bond acceptors (Lipinski definition) is 3. The molecular weight excluding hydrogens is 378 g/mol. The van der Waals surface area contributed by atoms with E-state index in [2.05, 4.69) is 21.0 Å². The lowest BCUT2D eigenvalue weighted by atomic mass is 10.2. The molecule has 0 N–H and O–H groups in total. The zero-order valence-electron chi connectivity index (χ0n) is 11.6. The molecule has 114 valence electrons. The van der Waals surface area contributed by atoms with Crippen molar-refractivity contribution in [3.05, 3.63) is 46.2 Å². The van der Waals surface area contributed by atoms with Crippen LogP contribution in [0.5, 0.6) is 0 Å². The highest BCUT2D eigenvalue weighted by molar-refractivity contribution is 9.10. The van der Waals surface area contributed by atoms with Crippen molar-refractivity contribution in [2.45, 2.75) is 17.3 Å². The molecule has 1 aromatic heterocycles. The van der Waals surface area contributed by atoms with Crippen molar-refractivity contribution >= 4 is 37.6 Å². The van der Waals surface area contributed by atoms with Crippen LogP contribution >= 0.6 is 27.5 Å². The van der Waals surface area contributed by atoms with Crippen LogP contribution in [-0.4, -0.2) is 29.6 Å². The minimum absolute atomic E-state index is 0.215. The van der Waals surface area contributed by atoms with Gasteiger partial charge in [0.25, 0.3) is 0 Å². The standard InChI is InChI=1S/C13H15BrClN3O2S/c1-17-8-11(7-16-17)9-18(2)21(19,20)13-5-10(6-15)3-4-12(13)14/h3-5,7-8H,6,9H2,1-2H3. The second-order valence-electron chi connectivity index (χ2n) is 4.68. The zero-order chi connectivity index (χ0) is 15.6. The van der Waals surface area contributed by atoms with Crippen LogP contribution in [0.4, 0.5) is 0 Å². The van der Waals surface area contributed by atoms with Crippen LogP contribution in [0.3, 0.4) is 0 Å². The van der Waals surface area contributed by atoms with Crippen LogP contribution in [0.25, 0.3) is 0 Å². The fraction of sp³-hybridized carbons (Fsp3) is 0.308. The molecule has 2 aromatic rings. The molecule has 0 spiro atoms. The van der Waals surface area contributed by atoms with E-state index in [9.17, 15) is 8.42 Å². The highest BCUT2D eigenvalue weighted by Gasteiger charge is 2.24. The number of benzene rings is 1. The molecule has 2 rings (SSSR count). The molecule has 0 aliphatic carbocycles. The Morgan fingerprint density at radius 2 is 2.10 bits per heavy atom. The van der Waals surface area contributed by atoms with E-state index in [0.29, 0.717) is 4.47 Å². The highest BCUT2D eigenvalue weighted by Crippen LogP contribution is 2.27. The fourth-order valence-electron chi connectivity index (χ4n) is 1.89. The van der Waals surface area contributed by atoms with Gasteiger partial charge in [0.05, 0.1) is 11.1 Å². The van der Waals surface area contributed by atoms with Gasteiger partial charge in [0.2, 0.25) is 10.0 Å². The Bertz CT molecular complexity index is 746. The summed E-state index contributed by atoms with van der Waals surface area (Å²) in [6.45, 7) is 0.258. The van der Waals surface area contributed by atoms with E-state index in [4.69, 9.17) is 11.6 Å². The van der Waals surface area contributed by atoms with Gasteiger partial charge in [0, 0.05) is 42.8 Å². The molecule has 0 radical (unpaired) electrons. The SMILES string of the molecule is CN(Cc1cnn(C)c1)S(=O)(=O)c1cc(CCl)ccc1Br. The molecule has 0 saturated heterocycles. The van der Waals surface area contributed by atoms with Crippen LogP contribution in [0.1, 0.15) is 11.1 Å². The number of hydrogen-bond donors (Lipinski definition) is 0. The Morgan fingerprint density at radius 3 is 2.67 bits per heavy atom. The first kappa shape index (κ1) is 16.5. The fourth-order valence-corrected chi connectivity index (χ4v) is 4.19. The molecule has 0 aliphatic rings. The Balaban J connectivity index is 2.32. The predicted octanol–water partition coefficient (Wildman–Crippen LogP) is 2.74. The summed E-state index contributed by atoms with van der Waals surface area (Å²) in [5.74, 6) is 0.266. The zero-order valence-corrected chi connectivity index (χ0v) is 14.8. The van der Waals surface area contributed by atoms with Gasteiger partial charge < -0.3 is 0 Å². The molecule has 0 fully saturated rings. The van der Waals surface area contributed by atoms with Crippen molar-refractivity contribution in [1.29, 1.82) is 0 Å². The number of aryl methyl sites for hydroxylation is 1. The molecule has 0 atom stereocenters. The molecule has 8 heteroatoms. The van der Waals surface area contributed by atoms with Crippen LogP contribution in [-0.2, 0) is 29.5 Å². The smallest absolute Gasteiger partial charge is 0.244 e. The minimum Gasteiger partial charge on any atom is -0.275 e. The lowest BCUT2D eigenvalue weighted by molar-refractivity contribution is 0.466. The molecule has 0 amide bonds. The average molecular weight is 393 g/mol. The van der Waals surface area contributed by atoms with Crippen molar-refractivity contribution in [1.82, 2.24) is 14.1 Å². The number of alkyl halides is 1. The average Bonchev–Trinajstić information content (AvgIpc) is 2.84. The van der Waals surface area contributed by atoms with Gasteiger partial charge in [-0.2, -0.15) is 9.40 Å². The van der Waals surface area contributed by atoms with Gasteiger partial charge in [0.15, 0.2) is 0 Å².